The van der Waals surface area contributed by atoms with E-state index in [1.165, 1.54) is 13.2 Å². The highest BCUT2D eigenvalue weighted by Gasteiger charge is 2.07. The van der Waals surface area contributed by atoms with Crippen molar-refractivity contribution in [2.75, 3.05) is 20.8 Å². The van der Waals surface area contributed by atoms with Crippen LogP contribution >= 0.6 is 0 Å². The molecule has 1 aromatic rings. The summed E-state index contributed by atoms with van der Waals surface area (Å²) in [6, 6.07) is 5.36. The molecule has 0 aliphatic heterocycles. The summed E-state index contributed by atoms with van der Waals surface area (Å²) in [5.41, 5.74) is 0.720. The lowest BCUT2D eigenvalue weighted by molar-refractivity contribution is -0.137. The maximum absolute atomic E-state index is 11.6. The maximum atomic E-state index is 11.6. The van der Waals surface area contributed by atoms with E-state index in [2.05, 4.69) is 5.32 Å². The number of hydrogen-bond donors (Lipinski definition) is 2. The minimum atomic E-state index is -0.874. The van der Waals surface area contributed by atoms with Crippen LogP contribution in [0.25, 0.3) is 6.08 Å². The second kappa shape index (κ2) is 8.63. The molecule has 6 nitrogen and oxygen atoms in total. The van der Waals surface area contributed by atoms with Gasteiger partial charge in [-0.25, -0.2) is 0 Å². The third-order valence-corrected chi connectivity index (χ3v) is 2.71. The molecular weight excluding hydrogens is 274 g/mol. The number of amides is 1. The number of carboxylic acid groups (broad SMARTS) is 1. The van der Waals surface area contributed by atoms with Gasteiger partial charge in [-0.15, -0.1) is 0 Å². The monoisotopic (exact) mass is 293 g/mol. The van der Waals surface area contributed by atoms with Gasteiger partial charge in [0.05, 0.1) is 14.2 Å². The molecule has 0 aliphatic carbocycles. The van der Waals surface area contributed by atoms with Crippen LogP contribution in [-0.2, 0) is 9.59 Å². The molecule has 0 aliphatic rings. The van der Waals surface area contributed by atoms with Crippen LogP contribution in [0.3, 0.4) is 0 Å². The van der Waals surface area contributed by atoms with E-state index in [1.807, 2.05) is 0 Å². The molecule has 0 fully saturated rings. The highest BCUT2D eigenvalue weighted by atomic mass is 16.5. The highest BCUT2D eigenvalue weighted by Crippen LogP contribution is 2.31. The predicted molar refractivity (Wildman–Crippen MR) is 78.5 cm³/mol. The summed E-state index contributed by atoms with van der Waals surface area (Å²) in [5.74, 6) is -0.0254. The second-order valence-electron chi connectivity index (χ2n) is 4.20. The number of carbonyl (C=O) groups is 2. The Morgan fingerprint density at radius 1 is 1.29 bits per heavy atom. The lowest BCUT2D eigenvalue weighted by Gasteiger charge is -2.09. The number of carbonyl (C=O) groups excluding carboxylic acids is 1. The van der Waals surface area contributed by atoms with Gasteiger partial charge in [0, 0.05) is 24.6 Å². The van der Waals surface area contributed by atoms with Crippen molar-refractivity contribution in [3.8, 4) is 11.5 Å². The van der Waals surface area contributed by atoms with E-state index in [-0.39, 0.29) is 12.3 Å². The Bertz CT molecular complexity index is 525. The molecule has 0 saturated carbocycles. The SMILES string of the molecule is COc1cccc(/C=C/C(=O)NCCCC(=O)O)c1OC. The van der Waals surface area contributed by atoms with Crippen molar-refractivity contribution in [3.05, 3.63) is 29.8 Å². The zero-order chi connectivity index (χ0) is 15.7. The first-order valence-corrected chi connectivity index (χ1v) is 6.47. The largest absolute Gasteiger partial charge is 0.493 e. The zero-order valence-corrected chi connectivity index (χ0v) is 12.1. The van der Waals surface area contributed by atoms with Crippen molar-refractivity contribution in [2.24, 2.45) is 0 Å². The third-order valence-electron chi connectivity index (χ3n) is 2.71. The van der Waals surface area contributed by atoms with Crippen molar-refractivity contribution in [2.45, 2.75) is 12.8 Å². The molecule has 1 aromatic carbocycles. The first-order valence-electron chi connectivity index (χ1n) is 6.47. The fourth-order valence-electron chi connectivity index (χ4n) is 1.72. The minimum Gasteiger partial charge on any atom is -0.493 e. The summed E-state index contributed by atoms with van der Waals surface area (Å²) in [7, 11) is 3.07. The van der Waals surface area contributed by atoms with Crippen LogP contribution in [0.1, 0.15) is 18.4 Å². The molecule has 2 N–H and O–H groups in total. The number of nitrogens with one attached hydrogen (secondary N) is 1. The van der Waals surface area contributed by atoms with Gasteiger partial charge < -0.3 is 19.9 Å². The van der Waals surface area contributed by atoms with Gasteiger partial charge in [-0.1, -0.05) is 12.1 Å². The van der Waals surface area contributed by atoms with Gasteiger partial charge in [-0.2, -0.15) is 0 Å². The summed E-state index contributed by atoms with van der Waals surface area (Å²) in [5, 5.41) is 11.1. The molecule has 0 aromatic heterocycles. The molecule has 0 unspecified atom stereocenters. The number of hydrogen-bond acceptors (Lipinski definition) is 4. The van der Waals surface area contributed by atoms with Gasteiger partial charge in [-0.3, -0.25) is 9.59 Å². The lowest BCUT2D eigenvalue weighted by Crippen LogP contribution is -2.22. The Morgan fingerprint density at radius 3 is 2.67 bits per heavy atom. The van der Waals surface area contributed by atoms with E-state index >= 15 is 0 Å². The maximum Gasteiger partial charge on any atom is 0.303 e. The highest BCUT2D eigenvalue weighted by molar-refractivity contribution is 5.92. The van der Waals surface area contributed by atoms with Gasteiger partial charge >= 0.3 is 5.97 Å². The third kappa shape index (κ3) is 5.56. The van der Waals surface area contributed by atoms with E-state index in [0.29, 0.717) is 24.5 Å². The number of para-hydroxylation sites is 1. The standard InChI is InChI=1S/C15H19NO5/c1-20-12-6-3-5-11(15(12)21-2)8-9-13(17)16-10-4-7-14(18)19/h3,5-6,8-9H,4,7,10H2,1-2H3,(H,16,17)(H,18,19)/b9-8+. The fourth-order valence-corrected chi connectivity index (χ4v) is 1.72. The first-order chi connectivity index (χ1) is 10.1. The lowest BCUT2D eigenvalue weighted by atomic mass is 10.1. The van der Waals surface area contributed by atoms with Crippen molar-refractivity contribution >= 4 is 18.0 Å². The molecule has 0 radical (unpaired) electrons. The topological polar surface area (TPSA) is 84.9 Å². The molecule has 0 bridgehead atoms. The second-order valence-corrected chi connectivity index (χ2v) is 4.20. The molecule has 21 heavy (non-hydrogen) atoms. The molecule has 1 rings (SSSR count). The van der Waals surface area contributed by atoms with E-state index in [1.54, 1.807) is 31.4 Å². The summed E-state index contributed by atoms with van der Waals surface area (Å²) in [4.78, 5) is 21.9. The van der Waals surface area contributed by atoms with Crippen LogP contribution in [0, 0.1) is 0 Å². The van der Waals surface area contributed by atoms with E-state index in [4.69, 9.17) is 14.6 Å². The Labute approximate surface area is 123 Å². The molecule has 1 amide bonds. The Kier molecular flexibility index (Phi) is 6.80. The number of aliphatic carboxylic acids is 1. The Hall–Kier alpha value is -2.50. The molecule has 0 atom stereocenters. The van der Waals surface area contributed by atoms with Crippen LogP contribution in [0.15, 0.2) is 24.3 Å². The van der Waals surface area contributed by atoms with Gasteiger partial charge in [-0.05, 0) is 18.6 Å². The summed E-state index contributed by atoms with van der Waals surface area (Å²) < 4.78 is 10.4. The number of carboxylic acids is 1. The van der Waals surface area contributed by atoms with Crippen LogP contribution in [0.2, 0.25) is 0 Å². The van der Waals surface area contributed by atoms with Gasteiger partial charge in [0.2, 0.25) is 5.91 Å². The summed E-state index contributed by atoms with van der Waals surface area (Å²) >= 11 is 0. The molecular formula is C15H19NO5. The van der Waals surface area contributed by atoms with Crippen molar-refractivity contribution < 1.29 is 24.2 Å². The van der Waals surface area contributed by atoms with E-state index in [9.17, 15) is 9.59 Å². The molecule has 0 saturated heterocycles. The van der Waals surface area contributed by atoms with Gasteiger partial charge in [0.25, 0.3) is 0 Å². The van der Waals surface area contributed by atoms with Gasteiger partial charge in [0.1, 0.15) is 0 Å². The summed E-state index contributed by atoms with van der Waals surface area (Å²) in [6.07, 6.45) is 3.43. The van der Waals surface area contributed by atoms with Crippen LogP contribution in [0.5, 0.6) is 11.5 Å². The molecule has 114 valence electrons. The summed E-state index contributed by atoms with van der Waals surface area (Å²) in [6.45, 7) is 0.324. The van der Waals surface area contributed by atoms with Crippen LogP contribution in [0.4, 0.5) is 0 Å². The number of methoxy groups -OCH3 is 2. The number of benzene rings is 1. The normalized spacial score (nSPS) is 10.4. The smallest absolute Gasteiger partial charge is 0.303 e. The molecule has 0 spiro atoms. The Balaban J connectivity index is 2.60. The molecule has 0 heterocycles. The zero-order valence-electron chi connectivity index (χ0n) is 12.1. The van der Waals surface area contributed by atoms with Gasteiger partial charge in [0.15, 0.2) is 11.5 Å². The Morgan fingerprint density at radius 2 is 2.05 bits per heavy atom. The predicted octanol–water partition coefficient (Wildman–Crippen LogP) is 1.70. The van der Waals surface area contributed by atoms with Crippen molar-refractivity contribution in [3.63, 3.8) is 0 Å². The van der Waals surface area contributed by atoms with Crippen molar-refractivity contribution in [1.29, 1.82) is 0 Å². The first kappa shape index (κ1) is 16.6. The van der Waals surface area contributed by atoms with Crippen molar-refractivity contribution in [1.82, 2.24) is 5.32 Å². The van der Waals surface area contributed by atoms with E-state index in [0.717, 1.165) is 5.56 Å². The molecule has 6 heteroatoms. The average molecular weight is 293 g/mol. The van der Waals surface area contributed by atoms with E-state index < -0.39 is 5.97 Å². The number of rotatable bonds is 8. The van der Waals surface area contributed by atoms with Crippen LogP contribution in [-0.4, -0.2) is 37.7 Å². The van der Waals surface area contributed by atoms with Crippen LogP contribution < -0.4 is 14.8 Å². The number of ether oxygens (including phenoxy) is 2. The minimum absolute atomic E-state index is 0.0354. The average Bonchev–Trinajstić information content (AvgIpc) is 2.48. The quantitative estimate of drug-likeness (QED) is 0.563. The fraction of sp³-hybridized carbons (Fsp3) is 0.333.